The summed E-state index contributed by atoms with van der Waals surface area (Å²) in [6, 6.07) is 0.380. The Morgan fingerprint density at radius 2 is 1.54 bits per heavy atom. The van der Waals surface area contributed by atoms with Crippen molar-refractivity contribution in [2.24, 2.45) is 22.7 Å². The van der Waals surface area contributed by atoms with E-state index in [1.807, 2.05) is 0 Å². The maximum atomic E-state index is 13.2. The molecule has 0 radical (unpaired) electrons. The van der Waals surface area contributed by atoms with E-state index in [-0.39, 0.29) is 46.6 Å². The molecule has 3 N–H and O–H groups in total. The summed E-state index contributed by atoms with van der Waals surface area (Å²) in [7, 11) is 0. The average molecular weight is 388 g/mol. The van der Waals surface area contributed by atoms with Crippen LogP contribution in [-0.4, -0.2) is 36.3 Å². The minimum atomic E-state index is -0.279. The fourth-order valence-corrected chi connectivity index (χ4v) is 6.61. The van der Waals surface area contributed by atoms with Crippen molar-refractivity contribution in [2.75, 3.05) is 6.54 Å². The SMILES string of the molecule is O=C1CCC(C2(C(=O)N[C@H]3CC[C@@H](NC(=O)[C@@]45CCC[C@@H]4C5)C3)CCC2)CN1. The number of nitrogens with one attached hydrogen (secondary N) is 3. The van der Waals surface area contributed by atoms with Gasteiger partial charge >= 0.3 is 0 Å². The van der Waals surface area contributed by atoms with Crippen molar-refractivity contribution in [1.29, 1.82) is 0 Å². The van der Waals surface area contributed by atoms with Crippen LogP contribution < -0.4 is 16.0 Å². The number of fused-ring (bicyclic) bond motifs is 1. The average Bonchev–Trinajstić information content (AvgIpc) is 2.97. The van der Waals surface area contributed by atoms with Crippen molar-refractivity contribution in [1.82, 2.24) is 16.0 Å². The van der Waals surface area contributed by atoms with Crippen LogP contribution in [0.4, 0.5) is 0 Å². The van der Waals surface area contributed by atoms with E-state index in [1.165, 1.54) is 12.8 Å². The minimum absolute atomic E-state index is 0.0251. The summed E-state index contributed by atoms with van der Waals surface area (Å²) in [5, 5.41) is 9.57. The second-order valence-electron chi connectivity index (χ2n) is 10.2. The third-order valence-corrected chi connectivity index (χ3v) is 8.71. The van der Waals surface area contributed by atoms with E-state index in [0.29, 0.717) is 18.9 Å². The number of piperidine rings is 1. The van der Waals surface area contributed by atoms with E-state index in [9.17, 15) is 14.4 Å². The predicted molar refractivity (Wildman–Crippen MR) is 104 cm³/mol. The Bertz CT molecular complexity index is 679. The summed E-state index contributed by atoms with van der Waals surface area (Å²) < 4.78 is 0. The first-order valence-electron chi connectivity index (χ1n) is 11.4. The Labute approximate surface area is 167 Å². The fourth-order valence-electron chi connectivity index (χ4n) is 6.61. The molecule has 5 aliphatic rings. The van der Waals surface area contributed by atoms with Gasteiger partial charge in [0.05, 0.1) is 10.8 Å². The molecule has 1 heterocycles. The van der Waals surface area contributed by atoms with Crippen LogP contribution in [0.1, 0.15) is 77.0 Å². The van der Waals surface area contributed by atoms with Gasteiger partial charge in [0.1, 0.15) is 0 Å². The zero-order valence-electron chi connectivity index (χ0n) is 16.7. The Morgan fingerprint density at radius 3 is 2.04 bits per heavy atom. The zero-order valence-corrected chi connectivity index (χ0v) is 16.7. The Morgan fingerprint density at radius 1 is 0.857 bits per heavy atom. The first-order chi connectivity index (χ1) is 13.5. The molecule has 6 nitrogen and oxygen atoms in total. The number of rotatable bonds is 5. The molecule has 4 saturated carbocycles. The summed E-state index contributed by atoms with van der Waals surface area (Å²) in [5.74, 6) is 1.48. The van der Waals surface area contributed by atoms with Crippen LogP contribution in [0.2, 0.25) is 0 Å². The van der Waals surface area contributed by atoms with Crippen LogP contribution in [0.3, 0.4) is 0 Å². The molecule has 154 valence electrons. The lowest BCUT2D eigenvalue weighted by molar-refractivity contribution is -0.144. The topological polar surface area (TPSA) is 87.3 Å². The molecule has 4 aliphatic carbocycles. The monoisotopic (exact) mass is 387 g/mol. The third-order valence-electron chi connectivity index (χ3n) is 8.71. The zero-order chi connectivity index (χ0) is 19.4. The molecule has 1 unspecified atom stereocenters. The molecule has 0 aromatic carbocycles. The summed E-state index contributed by atoms with van der Waals surface area (Å²) in [4.78, 5) is 37.4. The number of amides is 3. The van der Waals surface area contributed by atoms with Crippen molar-refractivity contribution in [3.05, 3.63) is 0 Å². The summed E-state index contributed by atoms with van der Waals surface area (Å²) >= 11 is 0. The molecule has 3 amide bonds. The van der Waals surface area contributed by atoms with Crippen molar-refractivity contribution >= 4 is 17.7 Å². The van der Waals surface area contributed by atoms with E-state index in [4.69, 9.17) is 0 Å². The van der Waals surface area contributed by atoms with Gasteiger partial charge in [0.2, 0.25) is 17.7 Å². The number of hydrogen-bond donors (Lipinski definition) is 3. The Hall–Kier alpha value is -1.59. The maximum Gasteiger partial charge on any atom is 0.226 e. The van der Waals surface area contributed by atoms with Gasteiger partial charge in [-0.3, -0.25) is 14.4 Å². The highest BCUT2D eigenvalue weighted by molar-refractivity contribution is 5.87. The number of carbonyl (C=O) groups excluding carboxylic acids is 3. The van der Waals surface area contributed by atoms with Crippen LogP contribution in [0.5, 0.6) is 0 Å². The van der Waals surface area contributed by atoms with E-state index in [2.05, 4.69) is 16.0 Å². The summed E-state index contributed by atoms with van der Waals surface area (Å²) in [6.07, 6.45) is 11.7. The van der Waals surface area contributed by atoms with E-state index < -0.39 is 0 Å². The first kappa shape index (κ1) is 18.4. The highest BCUT2D eigenvalue weighted by Gasteiger charge is 2.62. The standard InChI is InChI=1S/C22H33N3O3/c26-18-7-4-15(13-23-18)21(9-2-10-21)19(27)24-16-5-6-17(11-16)25-20(28)22-8-1-3-14(22)12-22/h14-17H,1-13H2,(H,23,26)(H,24,27)(H,25,28)/t14-,15?,16+,17-,22-/m1/s1. The van der Waals surface area contributed by atoms with Gasteiger partial charge in [-0.1, -0.05) is 12.8 Å². The minimum Gasteiger partial charge on any atom is -0.356 e. The number of hydrogen-bond acceptors (Lipinski definition) is 3. The van der Waals surface area contributed by atoms with Gasteiger partial charge in [-0.15, -0.1) is 0 Å². The molecule has 1 aliphatic heterocycles. The van der Waals surface area contributed by atoms with Crippen molar-refractivity contribution in [3.63, 3.8) is 0 Å². The second-order valence-corrected chi connectivity index (χ2v) is 10.2. The lowest BCUT2D eigenvalue weighted by atomic mass is 9.58. The molecule has 0 bridgehead atoms. The first-order valence-corrected chi connectivity index (χ1v) is 11.4. The molecule has 5 fully saturated rings. The quantitative estimate of drug-likeness (QED) is 0.674. The van der Waals surface area contributed by atoms with Gasteiger partial charge in [0, 0.05) is 25.0 Å². The Balaban J connectivity index is 1.14. The second kappa shape index (κ2) is 6.74. The molecule has 6 heteroatoms. The van der Waals surface area contributed by atoms with Crippen molar-refractivity contribution < 1.29 is 14.4 Å². The van der Waals surface area contributed by atoms with Crippen LogP contribution >= 0.6 is 0 Å². The fraction of sp³-hybridized carbons (Fsp3) is 0.864. The van der Waals surface area contributed by atoms with Crippen molar-refractivity contribution in [3.8, 4) is 0 Å². The molecule has 5 atom stereocenters. The molecule has 28 heavy (non-hydrogen) atoms. The van der Waals surface area contributed by atoms with Gasteiger partial charge in [0.15, 0.2) is 0 Å². The highest BCUT2D eigenvalue weighted by Crippen LogP contribution is 2.63. The van der Waals surface area contributed by atoms with Crippen LogP contribution in [0.25, 0.3) is 0 Å². The van der Waals surface area contributed by atoms with E-state index in [1.54, 1.807) is 0 Å². The van der Waals surface area contributed by atoms with Gasteiger partial charge in [-0.2, -0.15) is 0 Å². The molecule has 0 aromatic heterocycles. The van der Waals surface area contributed by atoms with Gasteiger partial charge < -0.3 is 16.0 Å². The van der Waals surface area contributed by atoms with Crippen LogP contribution in [0.15, 0.2) is 0 Å². The van der Waals surface area contributed by atoms with Gasteiger partial charge in [0.25, 0.3) is 0 Å². The smallest absolute Gasteiger partial charge is 0.226 e. The molecular weight excluding hydrogens is 354 g/mol. The summed E-state index contributed by atoms with van der Waals surface area (Å²) in [5.41, 5.74) is -0.304. The summed E-state index contributed by atoms with van der Waals surface area (Å²) in [6.45, 7) is 0.638. The lowest BCUT2D eigenvalue weighted by Crippen LogP contribution is -2.56. The van der Waals surface area contributed by atoms with Gasteiger partial charge in [-0.25, -0.2) is 0 Å². The normalized spacial score (nSPS) is 40.8. The van der Waals surface area contributed by atoms with Crippen LogP contribution in [-0.2, 0) is 14.4 Å². The molecule has 5 rings (SSSR count). The predicted octanol–water partition coefficient (Wildman–Crippen LogP) is 2.03. The number of carbonyl (C=O) groups is 3. The molecule has 0 aromatic rings. The Kier molecular flexibility index (Phi) is 4.44. The largest absolute Gasteiger partial charge is 0.356 e. The van der Waals surface area contributed by atoms with Crippen molar-refractivity contribution in [2.45, 2.75) is 89.1 Å². The maximum absolute atomic E-state index is 13.2. The molecule has 0 spiro atoms. The van der Waals surface area contributed by atoms with Gasteiger partial charge in [-0.05, 0) is 69.6 Å². The van der Waals surface area contributed by atoms with E-state index >= 15 is 0 Å². The van der Waals surface area contributed by atoms with Crippen LogP contribution in [0, 0.1) is 22.7 Å². The lowest BCUT2D eigenvalue weighted by Gasteiger charge is -2.48. The highest BCUT2D eigenvalue weighted by atomic mass is 16.2. The third kappa shape index (κ3) is 2.94. The molecule has 1 saturated heterocycles. The molecular formula is C22H33N3O3. The van der Waals surface area contributed by atoms with E-state index in [0.717, 1.165) is 57.8 Å².